The molecule has 0 unspecified atom stereocenters. The van der Waals surface area contributed by atoms with Gasteiger partial charge in [-0.25, -0.2) is 0 Å². The van der Waals surface area contributed by atoms with Crippen LogP contribution < -0.4 is 0 Å². The number of hydrogen-bond donors (Lipinski definition) is 0. The predicted octanol–water partition coefficient (Wildman–Crippen LogP) is 5.00. The molecule has 6 fully saturated rings. The van der Waals surface area contributed by atoms with Crippen LogP contribution in [0.3, 0.4) is 0 Å². The van der Waals surface area contributed by atoms with Crippen LogP contribution in [0.25, 0.3) is 0 Å². The largest absolute Gasteiger partial charge is 0.344 e. The highest BCUT2D eigenvalue weighted by Crippen LogP contribution is 2.73. The summed E-state index contributed by atoms with van der Waals surface area (Å²) in [6.45, 7) is 12.5. The Balaban J connectivity index is 1.22. The lowest BCUT2D eigenvalue weighted by atomic mass is 9.69. The van der Waals surface area contributed by atoms with Gasteiger partial charge in [-0.2, -0.15) is 0 Å². The van der Waals surface area contributed by atoms with Gasteiger partial charge < -0.3 is 28.4 Å². The number of hydrogen-bond acceptors (Lipinski definition) is 6. The van der Waals surface area contributed by atoms with Gasteiger partial charge >= 0.3 is 0 Å². The van der Waals surface area contributed by atoms with Crippen molar-refractivity contribution >= 4 is 0 Å². The molecule has 6 nitrogen and oxygen atoms in total. The minimum atomic E-state index is -0.506. The van der Waals surface area contributed by atoms with Crippen LogP contribution in [0.1, 0.15) is 130 Å². The van der Waals surface area contributed by atoms with Crippen LogP contribution in [0.4, 0.5) is 0 Å². The van der Waals surface area contributed by atoms with Crippen molar-refractivity contribution < 1.29 is 28.4 Å². The molecule has 0 N–H and O–H groups in total. The van der Waals surface area contributed by atoms with Gasteiger partial charge in [-0.05, 0) is 94.2 Å². The first-order valence-corrected chi connectivity index (χ1v) is 14.3. The van der Waals surface area contributed by atoms with Crippen molar-refractivity contribution in [2.45, 2.75) is 150 Å². The van der Waals surface area contributed by atoms with Gasteiger partial charge in [-0.1, -0.05) is 0 Å². The van der Waals surface area contributed by atoms with Gasteiger partial charge in [0.05, 0.1) is 36.6 Å². The van der Waals surface area contributed by atoms with E-state index in [0.29, 0.717) is 35.5 Å². The molecule has 6 heteroatoms. The highest BCUT2D eigenvalue weighted by molar-refractivity contribution is 5.69. The second-order valence-corrected chi connectivity index (χ2v) is 14.5. The van der Waals surface area contributed by atoms with E-state index in [4.69, 9.17) is 28.4 Å². The zero-order valence-corrected chi connectivity index (χ0v) is 22.0. The van der Waals surface area contributed by atoms with E-state index in [0.717, 1.165) is 19.3 Å². The molecule has 0 amide bonds. The van der Waals surface area contributed by atoms with Crippen molar-refractivity contribution in [1.82, 2.24) is 0 Å². The van der Waals surface area contributed by atoms with Crippen molar-refractivity contribution in [3.8, 4) is 0 Å². The lowest BCUT2D eigenvalue weighted by Gasteiger charge is -2.38. The molecule has 1 aromatic carbocycles. The van der Waals surface area contributed by atoms with E-state index in [1.54, 1.807) is 33.4 Å². The average molecular weight is 493 g/mol. The molecule has 3 saturated heterocycles. The Morgan fingerprint density at radius 3 is 0.694 bits per heavy atom. The number of fused-ring (bicyclic) bond motifs is 27. The van der Waals surface area contributed by atoms with Gasteiger partial charge in [0, 0.05) is 35.5 Å². The van der Waals surface area contributed by atoms with E-state index in [1.165, 1.54) is 0 Å². The second-order valence-electron chi connectivity index (χ2n) is 14.5. The second kappa shape index (κ2) is 5.78. The Hall–Kier alpha value is -1.02. The topological polar surface area (TPSA) is 55.4 Å². The molecule has 6 bridgehead atoms. The smallest absolute Gasteiger partial charge is 0.163 e. The van der Waals surface area contributed by atoms with E-state index in [2.05, 4.69) is 41.5 Å². The first-order valence-electron chi connectivity index (χ1n) is 14.3. The predicted molar refractivity (Wildman–Crippen MR) is 128 cm³/mol. The summed E-state index contributed by atoms with van der Waals surface area (Å²) in [5.74, 6) is 1.04. The normalized spacial score (nSPS) is 53.5. The Morgan fingerprint density at radius 2 is 0.528 bits per heavy atom. The van der Waals surface area contributed by atoms with Crippen molar-refractivity contribution in [1.29, 1.82) is 0 Å². The molecule has 0 aromatic heterocycles. The van der Waals surface area contributed by atoms with E-state index in [-0.39, 0.29) is 36.6 Å². The van der Waals surface area contributed by atoms with E-state index in [9.17, 15) is 0 Å². The highest BCUT2D eigenvalue weighted by Gasteiger charge is 2.69. The molecular formula is C30H36O6. The maximum absolute atomic E-state index is 6.58. The fourth-order valence-corrected chi connectivity index (χ4v) is 10.9. The fraction of sp³-hybridized carbons (Fsp3) is 0.800. The lowest BCUT2D eigenvalue weighted by Crippen LogP contribution is -2.37. The van der Waals surface area contributed by atoms with Gasteiger partial charge in [0.2, 0.25) is 0 Å². The summed E-state index contributed by atoms with van der Waals surface area (Å²) in [6.07, 6.45) is 4.49. The third-order valence-electron chi connectivity index (χ3n) is 11.4. The van der Waals surface area contributed by atoms with Crippen LogP contribution in [-0.4, -0.2) is 54.0 Å². The molecule has 3 heterocycles. The van der Waals surface area contributed by atoms with Gasteiger partial charge in [0.15, 0.2) is 17.4 Å². The maximum Gasteiger partial charge on any atom is 0.163 e. The number of ether oxygens (including phenoxy) is 6. The number of benzene rings is 1. The fourth-order valence-electron chi connectivity index (χ4n) is 10.9. The SMILES string of the molecule is CC1(C)O[C@@H]2[C@H](O1)[C@@H]1C[C@H]2c2c1c1c(c3c2[C@H]2C[C@@H]3[C@@H]3OC(C)(C)O[C@@H]32)[C@H]2C[C@@H]1[C@@H]1OC(C)(C)O[C@@H]12. The third kappa shape index (κ3) is 2.16. The van der Waals surface area contributed by atoms with Gasteiger partial charge in [0.1, 0.15) is 0 Å². The first-order chi connectivity index (χ1) is 17.0. The van der Waals surface area contributed by atoms with Crippen LogP contribution in [0.2, 0.25) is 0 Å². The molecule has 192 valence electrons. The van der Waals surface area contributed by atoms with Crippen molar-refractivity contribution in [3.63, 3.8) is 0 Å². The molecule has 3 saturated carbocycles. The molecule has 36 heavy (non-hydrogen) atoms. The quantitative estimate of drug-likeness (QED) is 0.508. The van der Waals surface area contributed by atoms with Crippen LogP contribution in [0.15, 0.2) is 0 Å². The zero-order chi connectivity index (χ0) is 24.3. The Morgan fingerprint density at radius 1 is 0.361 bits per heavy atom. The summed E-state index contributed by atoms with van der Waals surface area (Å²) in [7, 11) is 0. The minimum Gasteiger partial charge on any atom is -0.344 e. The van der Waals surface area contributed by atoms with Gasteiger partial charge in [-0.3, -0.25) is 0 Å². The minimum absolute atomic E-state index is 0.170. The molecule has 1 aromatic rings. The Labute approximate surface area is 212 Å². The van der Waals surface area contributed by atoms with Crippen LogP contribution >= 0.6 is 0 Å². The summed E-state index contributed by atoms with van der Waals surface area (Å²) >= 11 is 0. The van der Waals surface area contributed by atoms with Crippen molar-refractivity contribution in [2.75, 3.05) is 0 Å². The third-order valence-corrected chi connectivity index (χ3v) is 11.4. The van der Waals surface area contributed by atoms with Gasteiger partial charge in [-0.15, -0.1) is 0 Å². The van der Waals surface area contributed by atoms with E-state index >= 15 is 0 Å². The molecule has 10 rings (SSSR count). The monoisotopic (exact) mass is 492 g/mol. The molecule has 9 aliphatic rings. The molecule has 12 atom stereocenters. The van der Waals surface area contributed by atoms with Crippen LogP contribution in [0, 0.1) is 0 Å². The molecule has 0 radical (unpaired) electrons. The summed E-state index contributed by atoms with van der Waals surface area (Å²) in [5, 5.41) is 0. The zero-order valence-electron chi connectivity index (χ0n) is 22.0. The molecule has 0 spiro atoms. The van der Waals surface area contributed by atoms with Crippen LogP contribution in [-0.2, 0) is 28.4 Å². The number of rotatable bonds is 0. The van der Waals surface area contributed by atoms with Crippen LogP contribution in [0.5, 0.6) is 0 Å². The van der Waals surface area contributed by atoms with Crippen molar-refractivity contribution in [2.24, 2.45) is 0 Å². The van der Waals surface area contributed by atoms with E-state index in [1.807, 2.05) is 0 Å². The highest BCUT2D eigenvalue weighted by atomic mass is 16.8. The summed E-state index contributed by atoms with van der Waals surface area (Å²) in [4.78, 5) is 0. The summed E-state index contributed by atoms with van der Waals surface area (Å²) in [5.41, 5.74) is 9.74. The van der Waals surface area contributed by atoms with Gasteiger partial charge in [0.25, 0.3) is 0 Å². The first kappa shape index (κ1) is 20.9. The van der Waals surface area contributed by atoms with Crippen molar-refractivity contribution in [3.05, 3.63) is 33.4 Å². The summed E-state index contributed by atoms with van der Waals surface area (Å²) in [6, 6.07) is 0. The molecular weight excluding hydrogens is 456 g/mol. The average Bonchev–Trinajstić information content (AvgIpc) is 3.57. The Kier molecular flexibility index (Phi) is 3.35. The molecule has 3 aliphatic heterocycles. The lowest BCUT2D eigenvalue weighted by molar-refractivity contribution is -0.154. The maximum atomic E-state index is 6.58. The molecule has 6 aliphatic carbocycles. The standard InChI is InChI=1S/C30H36O6/c1-28(2)31-22-10-7-11(23(22)32-28)17-16(10)18-12-8-14(26-24(12)33-29(3,4)35-26)20(18)21-15-9-13(19(17)21)25-27(15)36-30(5,6)34-25/h10-15,22-27H,7-9H2,1-6H3/t10-,11+,12+,13-,14-,15+,22-,23+,24+,25-,26-,27+. The Bertz CT molecular complexity index is 1010. The van der Waals surface area contributed by atoms with E-state index < -0.39 is 17.4 Å². The summed E-state index contributed by atoms with van der Waals surface area (Å²) < 4.78 is 39.5.